The van der Waals surface area contributed by atoms with Crippen molar-refractivity contribution in [3.8, 4) is 0 Å². The fourth-order valence-corrected chi connectivity index (χ4v) is 1.87. The van der Waals surface area contributed by atoms with E-state index in [1.807, 2.05) is 0 Å². The number of nitrogens with zero attached hydrogens (tertiary/aromatic N) is 1. The Bertz CT molecular complexity index is 124. The molecule has 0 bridgehead atoms. The van der Waals surface area contributed by atoms with Crippen LogP contribution in [0, 0.1) is 0 Å². The van der Waals surface area contributed by atoms with E-state index >= 15 is 0 Å². The molecule has 1 saturated heterocycles. The molecule has 0 aromatic carbocycles. The summed E-state index contributed by atoms with van der Waals surface area (Å²) in [6.45, 7) is 2.44. The van der Waals surface area contributed by atoms with E-state index in [-0.39, 0.29) is 6.23 Å². The van der Waals surface area contributed by atoms with Gasteiger partial charge in [-0.05, 0) is 19.3 Å². The molecule has 1 rings (SSSR count). The van der Waals surface area contributed by atoms with Gasteiger partial charge in [-0.3, -0.25) is 0 Å². The monoisotopic (exact) mass is 237 g/mol. The van der Waals surface area contributed by atoms with Crippen LogP contribution < -0.4 is 0 Å². The van der Waals surface area contributed by atoms with Gasteiger partial charge in [0.05, 0.1) is 13.2 Å². The lowest BCUT2D eigenvalue weighted by atomic mass is 10.1. The van der Waals surface area contributed by atoms with E-state index in [0.717, 1.165) is 13.0 Å². The number of hydrogen-bond acceptors (Lipinski definition) is 3. The van der Waals surface area contributed by atoms with Crippen molar-refractivity contribution in [2.24, 2.45) is 0 Å². The molecule has 1 aliphatic rings. The highest BCUT2D eigenvalue weighted by atomic mass is 79.9. The Labute approximate surface area is 82.4 Å². The van der Waals surface area contributed by atoms with Crippen LogP contribution >= 0.6 is 16.1 Å². The highest BCUT2D eigenvalue weighted by Crippen LogP contribution is 2.20. The molecule has 1 atom stereocenters. The van der Waals surface area contributed by atoms with Gasteiger partial charge >= 0.3 is 0 Å². The van der Waals surface area contributed by atoms with Crippen molar-refractivity contribution in [1.82, 2.24) is 3.93 Å². The fourth-order valence-electron chi connectivity index (χ4n) is 1.30. The molecule has 0 N–H and O–H groups in total. The smallest absolute Gasteiger partial charge is 0.119 e. The summed E-state index contributed by atoms with van der Waals surface area (Å²) < 4.78 is 12.6. The van der Waals surface area contributed by atoms with E-state index in [2.05, 4.69) is 20.1 Å². The average Bonchev–Trinajstić information content (AvgIpc) is 2.09. The Hall–Kier alpha value is 0.360. The summed E-state index contributed by atoms with van der Waals surface area (Å²) in [5.74, 6) is 0. The minimum absolute atomic E-state index is 0.244. The first kappa shape index (κ1) is 10.4. The summed E-state index contributed by atoms with van der Waals surface area (Å²) in [5, 5.41) is 0. The van der Waals surface area contributed by atoms with E-state index in [9.17, 15) is 0 Å². The van der Waals surface area contributed by atoms with Gasteiger partial charge < -0.3 is 9.47 Å². The number of halogens is 1. The molecular formula is C8H16BrNO2. The second-order valence-corrected chi connectivity index (χ2v) is 3.85. The maximum absolute atomic E-state index is 5.59. The molecule has 0 aromatic rings. The third-order valence-electron chi connectivity index (χ3n) is 1.98. The highest BCUT2D eigenvalue weighted by molar-refractivity contribution is 9.07. The van der Waals surface area contributed by atoms with Crippen molar-refractivity contribution in [2.75, 3.05) is 26.9 Å². The van der Waals surface area contributed by atoms with Crippen molar-refractivity contribution in [3.05, 3.63) is 0 Å². The van der Waals surface area contributed by atoms with Gasteiger partial charge in [0, 0.05) is 29.8 Å². The van der Waals surface area contributed by atoms with Crippen molar-refractivity contribution in [3.63, 3.8) is 0 Å². The normalized spacial score (nSPS) is 26.0. The Kier molecular flexibility index (Phi) is 5.14. The van der Waals surface area contributed by atoms with Crippen LogP contribution in [0.25, 0.3) is 0 Å². The van der Waals surface area contributed by atoms with Crippen LogP contribution in [-0.4, -0.2) is 37.0 Å². The van der Waals surface area contributed by atoms with Crippen LogP contribution in [-0.2, 0) is 9.47 Å². The molecule has 1 fully saturated rings. The largest absolute Gasteiger partial charge is 0.382 e. The predicted octanol–water partition coefficient (Wildman–Crippen LogP) is 1.77. The summed E-state index contributed by atoms with van der Waals surface area (Å²) in [4.78, 5) is 0. The van der Waals surface area contributed by atoms with Gasteiger partial charge in [-0.2, -0.15) is 0 Å². The quantitative estimate of drug-likeness (QED) is 0.550. The zero-order valence-electron chi connectivity index (χ0n) is 7.46. The van der Waals surface area contributed by atoms with Crippen molar-refractivity contribution in [1.29, 1.82) is 0 Å². The number of rotatable bonds is 4. The Morgan fingerprint density at radius 1 is 1.42 bits per heavy atom. The van der Waals surface area contributed by atoms with E-state index in [1.54, 1.807) is 7.11 Å². The van der Waals surface area contributed by atoms with Gasteiger partial charge in [0.15, 0.2) is 0 Å². The summed E-state index contributed by atoms with van der Waals surface area (Å²) >= 11 is 3.47. The molecule has 3 nitrogen and oxygen atoms in total. The fraction of sp³-hybridized carbons (Fsp3) is 1.00. The zero-order valence-corrected chi connectivity index (χ0v) is 9.05. The van der Waals surface area contributed by atoms with Gasteiger partial charge in [-0.25, -0.2) is 3.93 Å². The molecule has 1 heterocycles. The van der Waals surface area contributed by atoms with Gasteiger partial charge in [0.1, 0.15) is 6.23 Å². The number of ether oxygens (including phenoxy) is 2. The maximum atomic E-state index is 5.59. The predicted molar refractivity (Wildman–Crippen MR) is 51.1 cm³/mol. The van der Waals surface area contributed by atoms with Crippen molar-refractivity contribution < 1.29 is 9.47 Å². The zero-order chi connectivity index (χ0) is 8.81. The number of piperidine rings is 1. The van der Waals surface area contributed by atoms with Crippen LogP contribution in [0.1, 0.15) is 19.3 Å². The van der Waals surface area contributed by atoms with E-state index in [0.29, 0.717) is 13.2 Å². The molecule has 12 heavy (non-hydrogen) atoms. The second-order valence-electron chi connectivity index (χ2n) is 2.94. The molecule has 0 amide bonds. The molecule has 1 unspecified atom stereocenters. The first-order chi connectivity index (χ1) is 5.84. The van der Waals surface area contributed by atoms with Gasteiger partial charge in [0.2, 0.25) is 0 Å². The lowest BCUT2D eigenvalue weighted by Gasteiger charge is -2.29. The summed E-state index contributed by atoms with van der Waals surface area (Å²) in [6, 6.07) is 0. The van der Waals surface area contributed by atoms with Gasteiger partial charge in [-0.1, -0.05) is 0 Å². The molecule has 0 aliphatic carbocycles. The Morgan fingerprint density at radius 3 is 2.92 bits per heavy atom. The lowest BCUT2D eigenvalue weighted by molar-refractivity contribution is -0.0481. The number of hydrogen-bond donors (Lipinski definition) is 0. The summed E-state index contributed by atoms with van der Waals surface area (Å²) in [5.41, 5.74) is 0. The third-order valence-corrected chi connectivity index (χ3v) is 2.79. The minimum Gasteiger partial charge on any atom is -0.382 e. The SMILES string of the molecule is COCCOC1CCCCN1Br. The van der Waals surface area contributed by atoms with E-state index in [4.69, 9.17) is 9.47 Å². The maximum Gasteiger partial charge on any atom is 0.119 e. The minimum atomic E-state index is 0.244. The molecule has 0 spiro atoms. The summed E-state index contributed by atoms with van der Waals surface area (Å²) in [6.07, 6.45) is 3.89. The third kappa shape index (κ3) is 3.39. The lowest BCUT2D eigenvalue weighted by Crippen LogP contribution is -2.34. The molecule has 1 aliphatic heterocycles. The first-order valence-electron chi connectivity index (χ1n) is 4.37. The van der Waals surface area contributed by atoms with E-state index < -0.39 is 0 Å². The average molecular weight is 238 g/mol. The van der Waals surface area contributed by atoms with Crippen molar-refractivity contribution >= 4 is 16.1 Å². The Balaban J connectivity index is 2.11. The first-order valence-corrected chi connectivity index (χ1v) is 5.08. The van der Waals surface area contributed by atoms with Crippen molar-refractivity contribution in [2.45, 2.75) is 25.5 Å². The van der Waals surface area contributed by atoms with Gasteiger partial charge in [0.25, 0.3) is 0 Å². The molecular weight excluding hydrogens is 222 g/mol. The topological polar surface area (TPSA) is 21.7 Å². The highest BCUT2D eigenvalue weighted by Gasteiger charge is 2.20. The van der Waals surface area contributed by atoms with E-state index in [1.165, 1.54) is 12.8 Å². The molecule has 4 heteroatoms. The Morgan fingerprint density at radius 2 is 2.25 bits per heavy atom. The molecule has 0 saturated carbocycles. The van der Waals surface area contributed by atoms with Crippen LogP contribution in [0.4, 0.5) is 0 Å². The van der Waals surface area contributed by atoms with Crippen LogP contribution in [0.5, 0.6) is 0 Å². The van der Waals surface area contributed by atoms with Gasteiger partial charge in [-0.15, -0.1) is 0 Å². The standard InChI is InChI=1S/C8H16BrNO2/c1-11-6-7-12-8-4-2-3-5-10(8)9/h8H,2-7H2,1H3. The van der Waals surface area contributed by atoms with Crippen LogP contribution in [0.3, 0.4) is 0 Å². The van der Waals surface area contributed by atoms with Crippen LogP contribution in [0.2, 0.25) is 0 Å². The molecule has 0 aromatic heterocycles. The second kappa shape index (κ2) is 5.91. The summed E-state index contributed by atoms with van der Waals surface area (Å²) in [7, 11) is 1.69. The molecule has 72 valence electrons. The molecule has 0 radical (unpaired) electrons. The van der Waals surface area contributed by atoms with Crippen LogP contribution in [0.15, 0.2) is 0 Å². The number of methoxy groups -OCH3 is 1.